The molecule has 128 valence electrons. The van der Waals surface area contributed by atoms with Crippen molar-refractivity contribution in [2.24, 2.45) is 0 Å². The van der Waals surface area contributed by atoms with Gasteiger partial charge in [-0.1, -0.05) is 0 Å². The van der Waals surface area contributed by atoms with Gasteiger partial charge in [0.2, 0.25) is 0 Å². The van der Waals surface area contributed by atoms with Gasteiger partial charge in [0.1, 0.15) is 20.2 Å². The Balaban J connectivity index is 0.000000400. The third kappa shape index (κ3) is 8.29. The van der Waals surface area contributed by atoms with Crippen molar-refractivity contribution in [1.29, 1.82) is 0 Å². The van der Waals surface area contributed by atoms with Gasteiger partial charge < -0.3 is 20.6 Å². The predicted octanol–water partition coefficient (Wildman–Crippen LogP) is 0.225. The topological polar surface area (TPSA) is 184 Å². The Bertz CT molecular complexity index is 778. The molecule has 2 aromatic rings. The Morgan fingerprint density at radius 3 is 1.00 bits per heavy atom. The van der Waals surface area contributed by atoms with Crippen LogP contribution in [0.1, 0.15) is 0 Å². The Morgan fingerprint density at radius 1 is 0.625 bits per heavy atom. The van der Waals surface area contributed by atoms with Crippen molar-refractivity contribution in [3.05, 3.63) is 48.5 Å². The summed E-state index contributed by atoms with van der Waals surface area (Å²) in [7, 11) is -8.65. The normalized spacial score (nSPS) is 10.7. The van der Waals surface area contributed by atoms with E-state index in [-0.39, 0.29) is 9.79 Å². The van der Waals surface area contributed by atoms with Crippen LogP contribution in [0.25, 0.3) is 0 Å². The molecule has 0 fully saturated rings. The fourth-order valence-electron chi connectivity index (χ4n) is 1.27. The number of anilines is 2. The minimum absolute atomic E-state index is 0.258. The first kappa shape index (κ1) is 22.4. The van der Waals surface area contributed by atoms with Gasteiger partial charge in [0.05, 0.1) is 9.79 Å². The van der Waals surface area contributed by atoms with Crippen LogP contribution < -0.4 is 11.5 Å². The van der Waals surface area contributed by atoms with E-state index in [1.807, 2.05) is 0 Å². The van der Waals surface area contributed by atoms with E-state index in [9.17, 15) is 25.9 Å². The van der Waals surface area contributed by atoms with E-state index < -0.39 is 20.2 Å². The summed E-state index contributed by atoms with van der Waals surface area (Å²) < 4.78 is 70.3. The third-order valence-corrected chi connectivity index (χ3v) is 4.04. The monoisotopic (exact) mass is 408 g/mol. The van der Waals surface area contributed by atoms with Crippen molar-refractivity contribution in [3.63, 3.8) is 0 Å². The Morgan fingerprint density at radius 2 is 0.833 bits per heavy atom. The molecule has 0 aliphatic rings. The molecule has 0 spiro atoms. The minimum atomic E-state index is -4.33. The third-order valence-electron chi connectivity index (χ3n) is 2.34. The number of benzene rings is 2. The van der Waals surface area contributed by atoms with E-state index in [1.165, 1.54) is 48.5 Å². The molecule has 9 nitrogen and oxygen atoms in total. The zero-order chi connectivity index (χ0) is 19.0. The van der Waals surface area contributed by atoms with Crippen molar-refractivity contribution in [3.8, 4) is 0 Å². The molecule has 0 aliphatic carbocycles. The van der Waals surface area contributed by atoms with Crippen LogP contribution in [0.15, 0.2) is 58.3 Å². The maximum absolute atomic E-state index is 10.3. The first-order valence-electron chi connectivity index (χ1n) is 5.83. The fourth-order valence-corrected chi connectivity index (χ4v) is 2.21. The summed E-state index contributed by atoms with van der Waals surface area (Å²) in [5.74, 6) is 0. The average Bonchev–Trinajstić information content (AvgIpc) is 2.49. The quantitative estimate of drug-likeness (QED) is 0.399. The summed E-state index contributed by atoms with van der Waals surface area (Å²) in [6.45, 7) is 0. The molecule has 0 bridgehead atoms. The van der Waals surface area contributed by atoms with Crippen LogP contribution in [0.5, 0.6) is 0 Å². The molecule has 0 aromatic heterocycles. The summed E-state index contributed by atoms with van der Waals surface area (Å²) in [5, 5.41) is 0. The molecule has 12 heteroatoms. The summed E-state index contributed by atoms with van der Waals surface area (Å²) in [4.78, 5) is -0.515. The van der Waals surface area contributed by atoms with Crippen LogP contribution in [-0.4, -0.2) is 25.9 Å². The molecule has 2 aromatic carbocycles. The SMILES string of the molecule is Nc1ccc(S(=O)(=O)[O-])cc1.Nc1ccc(S(=O)(=O)[O-])cc1.[O]=[Ti+2]. The van der Waals surface area contributed by atoms with E-state index in [1.54, 1.807) is 0 Å². The predicted molar refractivity (Wildman–Crippen MR) is 78.3 cm³/mol. The van der Waals surface area contributed by atoms with Crippen LogP contribution in [0.2, 0.25) is 0 Å². The molecule has 0 heterocycles. The second-order valence-electron chi connectivity index (χ2n) is 4.05. The molecule has 0 saturated carbocycles. The van der Waals surface area contributed by atoms with Gasteiger partial charge in [-0.05, 0) is 48.5 Å². The number of hydrogen-bond acceptors (Lipinski definition) is 9. The number of nitrogen functional groups attached to an aromatic ring is 2. The van der Waals surface area contributed by atoms with Crippen molar-refractivity contribution >= 4 is 31.6 Å². The Labute approximate surface area is 150 Å². The van der Waals surface area contributed by atoms with E-state index in [0.29, 0.717) is 11.4 Å². The van der Waals surface area contributed by atoms with Gasteiger partial charge in [-0.2, -0.15) is 0 Å². The molecular formula is C12H12N2O7S2Ti. The molecule has 4 N–H and O–H groups in total. The molecule has 0 atom stereocenters. The summed E-state index contributed by atoms with van der Waals surface area (Å²) in [5.41, 5.74) is 11.4. The van der Waals surface area contributed by atoms with Gasteiger partial charge in [0.15, 0.2) is 0 Å². The van der Waals surface area contributed by atoms with Crippen LogP contribution in [0.3, 0.4) is 0 Å². The standard InChI is InChI=1S/2C6H7NO3S.O.Ti/c2*7-5-1-3-6(4-2-5)11(8,9)10;;/h2*1-4H,7H2,(H,8,9,10);;/q;;;+2/p-2. The summed E-state index contributed by atoms with van der Waals surface area (Å²) >= 11 is 0.750. The van der Waals surface area contributed by atoms with Gasteiger partial charge in [-0.15, -0.1) is 0 Å². The van der Waals surface area contributed by atoms with Gasteiger partial charge in [-0.3, -0.25) is 0 Å². The van der Waals surface area contributed by atoms with Gasteiger partial charge in [0, 0.05) is 11.4 Å². The zero-order valence-electron chi connectivity index (χ0n) is 11.9. The van der Waals surface area contributed by atoms with Gasteiger partial charge >= 0.3 is 23.7 Å². The first-order valence-corrected chi connectivity index (χ1v) is 9.29. The molecule has 0 aliphatic heterocycles. The number of hydrogen-bond donors (Lipinski definition) is 2. The van der Waals surface area contributed by atoms with E-state index >= 15 is 0 Å². The van der Waals surface area contributed by atoms with E-state index in [4.69, 9.17) is 14.8 Å². The summed E-state index contributed by atoms with van der Waals surface area (Å²) in [6.07, 6.45) is 0. The summed E-state index contributed by atoms with van der Waals surface area (Å²) in [6, 6.07) is 10.2. The fraction of sp³-hybridized carbons (Fsp3) is 0. The number of rotatable bonds is 2. The van der Waals surface area contributed by atoms with Crippen molar-refractivity contribution in [1.82, 2.24) is 0 Å². The molecule has 0 amide bonds. The van der Waals surface area contributed by atoms with Crippen LogP contribution in [-0.2, 0) is 44.0 Å². The van der Waals surface area contributed by atoms with Crippen molar-refractivity contribution in [2.75, 3.05) is 11.5 Å². The Hall–Kier alpha value is -1.63. The molecular weight excluding hydrogens is 396 g/mol. The maximum atomic E-state index is 10.3. The van der Waals surface area contributed by atoms with Crippen LogP contribution in [0.4, 0.5) is 11.4 Å². The van der Waals surface area contributed by atoms with Crippen molar-refractivity contribution < 1.29 is 49.7 Å². The van der Waals surface area contributed by atoms with Crippen molar-refractivity contribution in [2.45, 2.75) is 9.79 Å². The Kier molecular flexibility index (Phi) is 8.97. The van der Waals surface area contributed by atoms with E-state index in [2.05, 4.69) is 0 Å². The second kappa shape index (κ2) is 9.62. The van der Waals surface area contributed by atoms with Gasteiger partial charge in [-0.25, -0.2) is 16.8 Å². The van der Waals surface area contributed by atoms with Crippen LogP contribution >= 0.6 is 0 Å². The molecule has 24 heavy (non-hydrogen) atoms. The van der Waals surface area contributed by atoms with Crippen LogP contribution in [0, 0.1) is 0 Å². The molecule has 2 rings (SSSR count). The zero-order valence-corrected chi connectivity index (χ0v) is 15.1. The van der Waals surface area contributed by atoms with Gasteiger partial charge in [0.25, 0.3) is 0 Å². The molecule has 0 saturated heterocycles. The molecule has 0 radical (unpaired) electrons. The molecule has 0 unspecified atom stereocenters. The average molecular weight is 408 g/mol. The first-order chi connectivity index (χ1) is 11.0. The number of nitrogens with two attached hydrogens (primary N) is 2. The second-order valence-corrected chi connectivity index (χ2v) is 6.81. The van der Waals surface area contributed by atoms with E-state index in [0.717, 1.165) is 20.4 Å².